The molecule has 3 heterocycles. The Morgan fingerprint density at radius 3 is 2.95 bits per heavy atom. The molecule has 1 unspecified atom stereocenters. The molecule has 1 aromatic heterocycles. The smallest absolute Gasteiger partial charge is 0.158 e. The van der Waals surface area contributed by atoms with Gasteiger partial charge in [0.2, 0.25) is 0 Å². The summed E-state index contributed by atoms with van der Waals surface area (Å²) < 4.78 is 29.8. The third-order valence-corrected chi connectivity index (χ3v) is 7.34. The van der Waals surface area contributed by atoms with E-state index in [1.807, 2.05) is 25.3 Å². The van der Waals surface area contributed by atoms with E-state index in [9.17, 15) is 8.42 Å². The van der Waals surface area contributed by atoms with Crippen LogP contribution in [-0.2, 0) is 21.1 Å². The Morgan fingerprint density at radius 1 is 1.48 bits per heavy atom. The van der Waals surface area contributed by atoms with E-state index >= 15 is 0 Å². The molecule has 21 heavy (non-hydrogen) atoms. The molecule has 6 heteroatoms. The standard InChI is InChI=1S/C15H22N2O3S/c1-2-20-10-14-5-7-21(18,19)15(14)11-17(12-15)9-13-4-3-6-16-8-13/h3-4,6,8,14H,2,5,7,9-12H2,1H3. The molecular formula is C15H22N2O3S. The zero-order chi connectivity index (χ0) is 14.9. The van der Waals surface area contributed by atoms with Gasteiger partial charge in [-0.15, -0.1) is 0 Å². The Kier molecular flexibility index (Phi) is 4.03. The zero-order valence-electron chi connectivity index (χ0n) is 12.4. The van der Waals surface area contributed by atoms with E-state index in [1.54, 1.807) is 6.20 Å². The second-order valence-electron chi connectivity index (χ2n) is 6.04. The molecule has 0 radical (unpaired) electrons. The minimum absolute atomic E-state index is 0.146. The van der Waals surface area contributed by atoms with Crippen molar-refractivity contribution in [2.24, 2.45) is 5.92 Å². The zero-order valence-corrected chi connectivity index (χ0v) is 13.2. The first-order valence-corrected chi connectivity index (χ1v) is 9.14. The van der Waals surface area contributed by atoms with Crippen molar-refractivity contribution in [2.75, 3.05) is 32.1 Å². The van der Waals surface area contributed by atoms with E-state index in [-0.39, 0.29) is 5.92 Å². The minimum Gasteiger partial charge on any atom is -0.381 e. The van der Waals surface area contributed by atoms with Crippen LogP contribution in [0.15, 0.2) is 24.5 Å². The normalized spacial score (nSPS) is 26.8. The fraction of sp³-hybridized carbons (Fsp3) is 0.667. The van der Waals surface area contributed by atoms with Crippen LogP contribution in [0, 0.1) is 5.92 Å². The van der Waals surface area contributed by atoms with Gasteiger partial charge in [0.05, 0.1) is 12.4 Å². The summed E-state index contributed by atoms with van der Waals surface area (Å²) >= 11 is 0. The highest BCUT2D eigenvalue weighted by Crippen LogP contribution is 2.45. The summed E-state index contributed by atoms with van der Waals surface area (Å²) in [6.07, 6.45) is 4.33. The Bertz CT molecular complexity index is 582. The lowest BCUT2D eigenvalue weighted by molar-refractivity contribution is 0.0291. The highest BCUT2D eigenvalue weighted by Gasteiger charge is 2.61. The van der Waals surface area contributed by atoms with Gasteiger partial charge in [0.15, 0.2) is 9.84 Å². The van der Waals surface area contributed by atoms with Gasteiger partial charge in [-0.2, -0.15) is 0 Å². The predicted octanol–water partition coefficient (Wildman–Crippen LogP) is 1.11. The number of aromatic nitrogens is 1. The molecule has 1 atom stereocenters. The summed E-state index contributed by atoms with van der Waals surface area (Å²) in [5.41, 5.74) is 1.13. The highest BCUT2D eigenvalue weighted by molar-refractivity contribution is 7.93. The Morgan fingerprint density at radius 2 is 2.29 bits per heavy atom. The fourth-order valence-electron chi connectivity index (χ4n) is 3.54. The maximum atomic E-state index is 12.4. The van der Waals surface area contributed by atoms with Crippen LogP contribution in [-0.4, -0.2) is 55.1 Å². The predicted molar refractivity (Wildman–Crippen MR) is 80.6 cm³/mol. The summed E-state index contributed by atoms with van der Waals surface area (Å²) in [5.74, 6) is 0.457. The van der Waals surface area contributed by atoms with E-state index in [0.29, 0.717) is 32.1 Å². The van der Waals surface area contributed by atoms with Crippen LogP contribution in [0.5, 0.6) is 0 Å². The summed E-state index contributed by atoms with van der Waals surface area (Å²) in [4.78, 5) is 6.30. The summed E-state index contributed by atoms with van der Waals surface area (Å²) in [6.45, 7) is 5.19. The molecule has 1 spiro atoms. The lowest BCUT2D eigenvalue weighted by atomic mass is 9.83. The molecule has 2 saturated heterocycles. The molecule has 1 aromatic rings. The molecule has 116 valence electrons. The van der Waals surface area contributed by atoms with Crippen molar-refractivity contribution in [1.82, 2.24) is 9.88 Å². The van der Waals surface area contributed by atoms with Crippen molar-refractivity contribution in [2.45, 2.75) is 24.6 Å². The lowest BCUT2D eigenvalue weighted by Crippen LogP contribution is -2.67. The molecule has 3 rings (SSSR count). The van der Waals surface area contributed by atoms with Gasteiger partial charge in [0.1, 0.15) is 4.75 Å². The average molecular weight is 310 g/mol. The number of hydrogen-bond acceptors (Lipinski definition) is 5. The lowest BCUT2D eigenvalue weighted by Gasteiger charge is -2.50. The molecular weight excluding hydrogens is 288 g/mol. The average Bonchev–Trinajstić information content (AvgIpc) is 2.69. The number of pyridine rings is 1. The second kappa shape index (κ2) is 5.66. The quantitative estimate of drug-likeness (QED) is 0.815. The van der Waals surface area contributed by atoms with Crippen LogP contribution in [0.25, 0.3) is 0 Å². The summed E-state index contributed by atoms with van der Waals surface area (Å²) in [7, 11) is -2.99. The van der Waals surface area contributed by atoms with E-state index < -0.39 is 14.6 Å². The van der Waals surface area contributed by atoms with Crippen molar-refractivity contribution in [3.63, 3.8) is 0 Å². The van der Waals surface area contributed by atoms with Gasteiger partial charge in [-0.25, -0.2) is 8.42 Å². The molecule has 2 aliphatic rings. The first kappa shape index (κ1) is 14.9. The molecule has 2 aliphatic heterocycles. The number of sulfone groups is 1. The highest BCUT2D eigenvalue weighted by atomic mass is 32.2. The first-order chi connectivity index (χ1) is 10.1. The molecule has 0 saturated carbocycles. The molecule has 0 amide bonds. The molecule has 0 N–H and O–H groups in total. The monoisotopic (exact) mass is 310 g/mol. The van der Waals surface area contributed by atoms with Gasteiger partial charge in [-0.3, -0.25) is 9.88 Å². The Hall–Kier alpha value is -0.980. The third kappa shape index (κ3) is 2.60. The van der Waals surface area contributed by atoms with E-state index in [4.69, 9.17) is 4.74 Å². The van der Waals surface area contributed by atoms with E-state index in [2.05, 4.69) is 9.88 Å². The minimum atomic E-state index is -2.99. The van der Waals surface area contributed by atoms with Gasteiger partial charge in [0.25, 0.3) is 0 Å². The number of likely N-dealkylation sites (tertiary alicyclic amines) is 1. The van der Waals surface area contributed by atoms with E-state index in [0.717, 1.165) is 18.5 Å². The van der Waals surface area contributed by atoms with Crippen LogP contribution >= 0.6 is 0 Å². The Labute approximate surface area is 126 Å². The van der Waals surface area contributed by atoms with Crippen molar-refractivity contribution < 1.29 is 13.2 Å². The topological polar surface area (TPSA) is 59.5 Å². The molecule has 0 bridgehead atoms. The Balaban J connectivity index is 1.67. The first-order valence-electron chi connectivity index (χ1n) is 7.49. The SMILES string of the molecule is CCOCC1CCS(=O)(=O)C12CN(Cc1cccnc1)C2. The second-order valence-corrected chi connectivity index (χ2v) is 8.49. The summed E-state index contributed by atoms with van der Waals surface area (Å²) in [5, 5.41) is 0. The maximum Gasteiger partial charge on any atom is 0.158 e. The van der Waals surface area contributed by atoms with Gasteiger partial charge in [-0.05, 0) is 25.0 Å². The maximum absolute atomic E-state index is 12.4. The van der Waals surface area contributed by atoms with Crippen molar-refractivity contribution in [1.29, 1.82) is 0 Å². The summed E-state index contributed by atoms with van der Waals surface area (Å²) in [6, 6.07) is 3.94. The largest absolute Gasteiger partial charge is 0.381 e. The molecule has 0 aromatic carbocycles. The van der Waals surface area contributed by atoms with Crippen molar-refractivity contribution >= 4 is 9.84 Å². The van der Waals surface area contributed by atoms with Crippen molar-refractivity contribution in [3.8, 4) is 0 Å². The van der Waals surface area contributed by atoms with Gasteiger partial charge in [-0.1, -0.05) is 6.07 Å². The van der Waals surface area contributed by atoms with Crippen LogP contribution in [0.4, 0.5) is 0 Å². The van der Waals surface area contributed by atoms with Crippen LogP contribution < -0.4 is 0 Å². The molecule has 2 fully saturated rings. The van der Waals surface area contributed by atoms with E-state index in [1.165, 1.54) is 0 Å². The van der Waals surface area contributed by atoms with Crippen LogP contribution in [0.2, 0.25) is 0 Å². The number of ether oxygens (including phenoxy) is 1. The van der Waals surface area contributed by atoms with Crippen LogP contribution in [0.3, 0.4) is 0 Å². The number of rotatable bonds is 5. The van der Waals surface area contributed by atoms with Gasteiger partial charge in [0, 0.05) is 44.6 Å². The molecule has 5 nitrogen and oxygen atoms in total. The molecule has 0 aliphatic carbocycles. The van der Waals surface area contributed by atoms with Crippen molar-refractivity contribution in [3.05, 3.63) is 30.1 Å². The number of nitrogens with zero attached hydrogens (tertiary/aromatic N) is 2. The number of hydrogen-bond donors (Lipinski definition) is 0. The van der Waals surface area contributed by atoms with Gasteiger partial charge < -0.3 is 4.74 Å². The van der Waals surface area contributed by atoms with Gasteiger partial charge >= 0.3 is 0 Å². The third-order valence-electron chi connectivity index (χ3n) is 4.73. The fourth-order valence-corrected chi connectivity index (χ4v) is 5.99. The van der Waals surface area contributed by atoms with Crippen LogP contribution in [0.1, 0.15) is 18.9 Å².